The second-order valence-corrected chi connectivity index (χ2v) is 0. The molecular formula is AuK3S2. The molecule has 0 aromatic rings. The summed E-state index contributed by atoms with van der Waals surface area (Å²) in [6, 6.07) is 0. The molecule has 0 bridgehead atoms. The Bertz CT molecular complexity index is 8.75. The number of rotatable bonds is 0. The summed E-state index contributed by atoms with van der Waals surface area (Å²) in [6.07, 6.45) is 0. The van der Waals surface area contributed by atoms with Crippen molar-refractivity contribution in [2.45, 2.75) is 0 Å². The van der Waals surface area contributed by atoms with Gasteiger partial charge in [0.25, 0.3) is 0 Å². The molecule has 0 aliphatic rings. The summed E-state index contributed by atoms with van der Waals surface area (Å²) < 4.78 is 0. The van der Waals surface area contributed by atoms with Crippen LogP contribution in [0.4, 0.5) is 0 Å². The Morgan fingerprint density at radius 1 is 0.667 bits per heavy atom. The molecule has 0 rings (SSSR count). The van der Waals surface area contributed by atoms with Crippen LogP contribution in [-0.2, 0) is 44.8 Å². The molecular weight excluding hydrogens is 378 g/mol. The molecule has 4 radical (unpaired) electrons. The molecule has 0 aromatic carbocycles. The average molecular weight is 378 g/mol. The topological polar surface area (TPSA) is 0 Å². The van der Waals surface area contributed by atoms with Crippen molar-refractivity contribution in [2.75, 3.05) is 0 Å². The van der Waals surface area contributed by atoms with Gasteiger partial charge in [0.15, 0.2) is 0 Å². The minimum atomic E-state index is 0. The van der Waals surface area contributed by atoms with Crippen LogP contribution in [-0.4, -0.2) is 154 Å². The van der Waals surface area contributed by atoms with Crippen molar-refractivity contribution in [1.29, 1.82) is 0 Å². The molecule has 0 heterocycles. The van der Waals surface area contributed by atoms with Crippen LogP contribution in [0.3, 0.4) is 0 Å². The van der Waals surface area contributed by atoms with Crippen LogP contribution in [0, 0.1) is 0 Å². The second kappa shape index (κ2) is 30.4. The summed E-state index contributed by atoms with van der Waals surface area (Å²) in [4.78, 5) is 0. The van der Waals surface area contributed by atoms with Crippen LogP contribution < -0.4 is 0 Å². The van der Waals surface area contributed by atoms with Gasteiger partial charge in [0.05, 0.1) is 0 Å². The van der Waals surface area contributed by atoms with Gasteiger partial charge in [0.1, 0.15) is 0 Å². The summed E-state index contributed by atoms with van der Waals surface area (Å²) in [5.41, 5.74) is 0. The van der Waals surface area contributed by atoms with Crippen molar-refractivity contribution < 1.29 is 22.4 Å². The van der Waals surface area contributed by atoms with Crippen LogP contribution in [0.1, 0.15) is 0 Å². The summed E-state index contributed by atoms with van der Waals surface area (Å²) >= 11 is 7.33. The first-order valence-electron chi connectivity index (χ1n) is 0.167. The smallest absolute Gasteiger partial charge is 0 e. The van der Waals surface area contributed by atoms with E-state index in [1.807, 2.05) is 0 Å². The normalized spacial score (nSPS) is 0.667. The Kier molecular flexibility index (Phi) is 150. The predicted molar refractivity (Wildman–Crippen MR) is 32.0 cm³/mol. The Hall–Kier alpha value is 6.09. The third-order valence-electron chi connectivity index (χ3n) is 0. The van der Waals surface area contributed by atoms with Gasteiger partial charge >= 0.3 is 0 Å². The molecule has 0 N–H and O–H groups in total. The van der Waals surface area contributed by atoms with Gasteiger partial charge in [0.2, 0.25) is 0 Å². The standard InChI is InChI=1S/Au.3K.S2/c;;;;1-2. The van der Waals surface area contributed by atoms with Gasteiger partial charge < -0.3 is 0 Å². The van der Waals surface area contributed by atoms with Crippen molar-refractivity contribution in [1.82, 2.24) is 0 Å². The molecule has 0 amide bonds. The number of hydrogen-bond donors (Lipinski definition) is 0. The minimum Gasteiger partial charge on any atom is 0 e. The first-order chi connectivity index (χ1) is 1.00. The van der Waals surface area contributed by atoms with E-state index < -0.39 is 0 Å². The van der Waals surface area contributed by atoms with E-state index in [1.165, 1.54) is 0 Å². The summed E-state index contributed by atoms with van der Waals surface area (Å²) in [5, 5.41) is 0. The molecule has 0 saturated heterocycles. The fourth-order valence-electron chi connectivity index (χ4n) is 0. The molecule has 0 aliphatic carbocycles. The third-order valence-corrected chi connectivity index (χ3v) is 0. The van der Waals surface area contributed by atoms with Crippen LogP contribution in [0.5, 0.6) is 0 Å². The zero-order valence-corrected chi connectivity index (χ0v) is 17.3. The van der Waals surface area contributed by atoms with E-state index in [1.54, 1.807) is 0 Å². The zero-order valence-electron chi connectivity index (χ0n) is 4.12. The minimum absolute atomic E-state index is 0. The van der Waals surface area contributed by atoms with Gasteiger partial charge in [-0.2, -0.15) is 0 Å². The van der Waals surface area contributed by atoms with Crippen molar-refractivity contribution in [3.63, 3.8) is 0 Å². The van der Waals surface area contributed by atoms with E-state index in [0.29, 0.717) is 0 Å². The fourth-order valence-corrected chi connectivity index (χ4v) is 0. The Labute approximate surface area is 192 Å². The van der Waals surface area contributed by atoms with Gasteiger partial charge in [0, 0.05) is 199 Å². The zero-order chi connectivity index (χ0) is 2.00. The first kappa shape index (κ1) is 29.6. The predicted octanol–water partition coefficient (Wildman–Crippen LogP) is -1.15. The summed E-state index contributed by atoms with van der Waals surface area (Å²) in [6.45, 7) is 0. The van der Waals surface area contributed by atoms with Gasteiger partial charge in [-0.15, -0.1) is 0 Å². The molecule has 0 nitrogen and oxygen atoms in total. The molecule has 6 heavy (non-hydrogen) atoms. The molecule has 6 heteroatoms. The van der Waals surface area contributed by atoms with Crippen molar-refractivity contribution >= 4 is 177 Å². The fraction of sp³-hybridized carbons (Fsp3) is 0. The second-order valence-electron chi connectivity index (χ2n) is 0. The maximum atomic E-state index is 3.67. The average Bonchev–Trinajstić information content (AvgIpc) is 1.00. The maximum absolute atomic E-state index is 3.67. The maximum Gasteiger partial charge on any atom is 0 e. The van der Waals surface area contributed by atoms with E-state index in [9.17, 15) is 0 Å². The molecule has 0 fully saturated rings. The van der Waals surface area contributed by atoms with E-state index in [2.05, 4.69) is 22.4 Å². The van der Waals surface area contributed by atoms with Gasteiger partial charge in [-0.05, 0) is 0 Å². The van der Waals surface area contributed by atoms with Crippen molar-refractivity contribution in [2.24, 2.45) is 0 Å². The van der Waals surface area contributed by atoms with Crippen LogP contribution in [0.15, 0.2) is 0 Å². The molecule has 26 valence electrons. The molecule has 0 saturated carbocycles. The monoisotopic (exact) mass is 378 g/mol. The quantitative estimate of drug-likeness (QED) is 0.489. The van der Waals surface area contributed by atoms with Crippen molar-refractivity contribution in [3.05, 3.63) is 0 Å². The van der Waals surface area contributed by atoms with Crippen LogP contribution in [0.2, 0.25) is 0 Å². The number of hydrogen-bond acceptors (Lipinski definition) is 2. The van der Waals surface area contributed by atoms with E-state index in [-0.39, 0.29) is 177 Å². The molecule has 0 aromatic heterocycles. The molecule has 0 atom stereocenters. The van der Waals surface area contributed by atoms with E-state index >= 15 is 0 Å². The van der Waals surface area contributed by atoms with Gasteiger partial charge in [-0.3, -0.25) is 0 Å². The Balaban J connectivity index is -0.000000000833. The van der Waals surface area contributed by atoms with Gasteiger partial charge in [-0.25, -0.2) is 0 Å². The molecule has 0 unspecified atom stereocenters. The van der Waals surface area contributed by atoms with E-state index in [0.717, 1.165) is 0 Å². The Morgan fingerprint density at radius 3 is 0.667 bits per heavy atom. The van der Waals surface area contributed by atoms with Crippen molar-refractivity contribution in [3.8, 4) is 0 Å². The van der Waals surface area contributed by atoms with E-state index in [4.69, 9.17) is 0 Å². The van der Waals surface area contributed by atoms with Gasteiger partial charge in [-0.1, -0.05) is 0 Å². The summed E-state index contributed by atoms with van der Waals surface area (Å²) in [7, 11) is 0. The Morgan fingerprint density at radius 2 is 0.667 bits per heavy atom. The summed E-state index contributed by atoms with van der Waals surface area (Å²) in [5.74, 6) is 0. The van der Waals surface area contributed by atoms with Crippen LogP contribution >= 0.6 is 0 Å². The van der Waals surface area contributed by atoms with Crippen LogP contribution in [0.25, 0.3) is 0 Å². The largest absolute Gasteiger partial charge is 0 e. The molecule has 0 spiro atoms. The first-order valence-corrected chi connectivity index (χ1v) is 1.50. The SMILES string of the molecule is S=S.[Au].[K].[K].[K]. The molecule has 0 aliphatic heterocycles. The third kappa shape index (κ3) is 22.5.